The van der Waals surface area contributed by atoms with Gasteiger partial charge in [-0.15, -0.1) is 0 Å². The number of H-pyrrole nitrogens is 1. The third kappa shape index (κ3) is 2.86. The Morgan fingerprint density at radius 1 is 1.32 bits per heavy atom. The predicted octanol–water partition coefficient (Wildman–Crippen LogP) is 1.91. The van der Waals surface area contributed by atoms with Crippen LogP contribution in [0.3, 0.4) is 0 Å². The number of nitrogens with one attached hydrogen (secondary N) is 1. The predicted molar refractivity (Wildman–Crippen MR) is 73.9 cm³/mol. The molecule has 0 unspecified atom stereocenters. The third-order valence-corrected chi connectivity index (χ3v) is 3.48. The number of carboxylic acids is 1. The van der Waals surface area contributed by atoms with Crippen LogP contribution in [-0.2, 0) is 11.3 Å². The minimum Gasteiger partial charge on any atom is -0.481 e. The van der Waals surface area contributed by atoms with Gasteiger partial charge < -0.3 is 5.11 Å². The number of nitrogens with zero attached hydrogens (tertiary/aromatic N) is 1. The maximum atomic E-state index is 10.5. The van der Waals surface area contributed by atoms with E-state index in [9.17, 15) is 4.79 Å². The molecule has 1 heterocycles. The number of imidazole rings is 1. The van der Waals surface area contributed by atoms with E-state index in [2.05, 4.69) is 31.0 Å². The zero-order valence-electron chi connectivity index (χ0n) is 11.4. The van der Waals surface area contributed by atoms with E-state index in [1.807, 2.05) is 4.57 Å². The molecule has 0 bridgehead atoms. The Labute approximate surface area is 112 Å². The topological polar surface area (TPSA) is 83.0 Å². The van der Waals surface area contributed by atoms with Gasteiger partial charge in [0.25, 0.3) is 0 Å². The standard InChI is InChI=1S/C14H19N3O2/c1-9-7-11-12(8-10(9)2)17(14(15)16-11)6-4-3-5-13(18)19/h7-8H,3-6H2,1-2H3,(H3,15,16,18,19)/p+1. The lowest BCUT2D eigenvalue weighted by Crippen LogP contribution is -2.35. The first-order chi connectivity index (χ1) is 8.99. The number of aryl methyl sites for hydroxylation is 3. The van der Waals surface area contributed by atoms with E-state index >= 15 is 0 Å². The summed E-state index contributed by atoms with van der Waals surface area (Å²) in [6.07, 6.45) is 1.68. The van der Waals surface area contributed by atoms with Crippen LogP contribution >= 0.6 is 0 Å². The number of nitrogens with two attached hydrogens (primary N) is 1. The van der Waals surface area contributed by atoms with Crippen LogP contribution < -0.4 is 10.3 Å². The number of benzene rings is 1. The van der Waals surface area contributed by atoms with E-state index in [-0.39, 0.29) is 6.42 Å². The van der Waals surface area contributed by atoms with Crippen LogP contribution in [0.1, 0.15) is 30.4 Å². The van der Waals surface area contributed by atoms with Gasteiger partial charge in [0.15, 0.2) is 0 Å². The molecule has 0 aliphatic carbocycles. The molecular formula is C14H20N3O2+. The summed E-state index contributed by atoms with van der Waals surface area (Å²) in [4.78, 5) is 13.7. The van der Waals surface area contributed by atoms with Crippen LogP contribution in [0.2, 0.25) is 0 Å². The summed E-state index contributed by atoms with van der Waals surface area (Å²) in [5, 5.41) is 8.63. The lowest BCUT2D eigenvalue weighted by Gasteiger charge is -2.02. The summed E-state index contributed by atoms with van der Waals surface area (Å²) in [5.41, 5.74) is 10.5. The van der Waals surface area contributed by atoms with Crippen molar-refractivity contribution in [1.82, 2.24) is 4.98 Å². The van der Waals surface area contributed by atoms with Crippen molar-refractivity contribution in [3.05, 3.63) is 23.3 Å². The average molecular weight is 262 g/mol. The summed E-state index contributed by atoms with van der Waals surface area (Å²) in [6, 6.07) is 4.21. The van der Waals surface area contributed by atoms with Crippen LogP contribution in [0.25, 0.3) is 11.0 Å². The second-order valence-corrected chi connectivity index (χ2v) is 4.97. The van der Waals surface area contributed by atoms with Crippen LogP contribution in [0.4, 0.5) is 5.95 Å². The van der Waals surface area contributed by atoms with E-state index < -0.39 is 5.97 Å². The van der Waals surface area contributed by atoms with E-state index in [1.165, 1.54) is 11.1 Å². The number of hydrogen-bond donors (Lipinski definition) is 3. The number of carboxylic acid groups (broad SMARTS) is 1. The van der Waals surface area contributed by atoms with Crippen LogP contribution in [0.5, 0.6) is 0 Å². The molecule has 102 valence electrons. The van der Waals surface area contributed by atoms with Crippen molar-refractivity contribution in [1.29, 1.82) is 0 Å². The Hall–Kier alpha value is -2.04. The third-order valence-electron chi connectivity index (χ3n) is 3.48. The SMILES string of the molecule is Cc1cc2[nH]c(N)[n+](CCCCC(=O)O)c2cc1C. The summed E-state index contributed by atoms with van der Waals surface area (Å²) in [5.74, 6) is -0.126. The largest absolute Gasteiger partial charge is 0.481 e. The van der Waals surface area contributed by atoms with E-state index in [1.54, 1.807) is 0 Å². The molecule has 1 aromatic carbocycles. The summed E-state index contributed by atoms with van der Waals surface area (Å²) in [7, 11) is 0. The molecule has 0 saturated heterocycles. The highest BCUT2D eigenvalue weighted by atomic mass is 16.4. The smallest absolute Gasteiger partial charge is 0.353 e. The number of hydrogen-bond acceptors (Lipinski definition) is 2. The Morgan fingerprint density at radius 3 is 2.68 bits per heavy atom. The van der Waals surface area contributed by atoms with Gasteiger partial charge in [0.2, 0.25) is 0 Å². The van der Waals surface area contributed by atoms with Crippen LogP contribution in [0.15, 0.2) is 12.1 Å². The zero-order valence-corrected chi connectivity index (χ0v) is 11.4. The summed E-state index contributed by atoms with van der Waals surface area (Å²) < 4.78 is 2.02. The molecule has 0 spiro atoms. The number of unbranched alkanes of at least 4 members (excludes halogenated alkanes) is 1. The monoisotopic (exact) mass is 262 g/mol. The molecule has 4 N–H and O–H groups in total. The van der Waals surface area contributed by atoms with Crippen molar-refractivity contribution < 1.29 is 14.5 Å². The van der Waals surface area contributed by atoms with Crippen LogP contribution in [0, 0.1) is 13.8 Å². The average Bonchev–Trinajstić information content (AvgIpc) is 2.61. The fraction of sp³-hybridized carbons (Fsp3) is 0.429. The Bertz CT molecular complexity index is 617. The molecule has 0 fully saturated rings. The lowest BCUT2D eigenvalue weighted by atomic mass is 10.1. The molecule has 0 amide bonds. The second-order valence-electron chi connectivity index (χ2n) is 4.97. The highest BCUT2D eigenvalue weighted by molar-refractivity contribution is 5.75. The Morgan fingerprint density at radius 2 is 2.00 bits per heavy atom. The molecule has 0 radical (unpaired) electrons. The molecule has 0 aliphatic heterocycles. The van der Waals surface area contributed by atoms with Gasteiger partial charge in [-0.1, -0.05) is 0 Å². The number of aromatic amines is 1. The van der Waals surface area contributed by atoms with Crippen LogP contribution in [-0.4, -0.2) is 16.1 Å². The van der Waals surface area contributed by atoms with Gasteiger partial charge in [0.05, 0.1) is 6.54 Å². The van der Waals surface area contributed by atoms with Gasteiger partial charge >= 0.3 is 11.9 Å². The molecule has 0 saturated carbocycles. The second kappa shape index (κ2) is 5.30. The Kier molecular flexibility index (Phi) is 3.74. The molecule has 19 heavy (non-hydrogen) atoms. The first-order valence-corrected chi connectivity index (χ1v) is 6.49. The highest BCUT2D eigenvalue weighted by Crippen LogP contribution is 2.17. The van der Waals surface area contributed by atoms with Gasteiger partial charge in [-0.2, -0.15) is 0 Å². The van der Waals surface area contributed by atoms with E-state index in [0.717, 1.165) is 24.0 Å². The molecule has 0 atom stereocenters. The first kappa shape index (κ1) is 13.4. The molecule has 5 nitrogen and oxygen atoms in total. The van der Waals surface area contributed by atoms with Crippen molar-refractivity contribution in [3.63, 3.8) is 0 Å². The number of aliphatic carboxylic acids is 1. The van der Waals surface area contributed by atoms with E-state index in [4.69, 9.17) is 10.8 Å². The minimum atomic E-state index is -0.747. The van der Waals surface area contributed by atoms with Crippen molar-refractivity contribution >= 4 is 23.0 Å². The normalized spacial score (nSPS) is 11.1. The molecule has 1 aromatic heterocycles. The molecule has 2 aromatic rings. The van der Waals surface area contributed by atoms with E-state index in [0.29, 0.717) is 12.4 Å². The van der Waals surface area contributed by atoms with Gasteiger partial charge in [-0.3, -0.25) is 10.5 Å². The minimum absolute atomic E-state index is 0.209. The fourth-order valence-corrected chi connectivity index (χ4v) is 2.25. The number of rotatable bonds is 5. The maximum absolute atomic E-state index is 10.5. The number of aromatic nitrogens is 2. The number of anilines is 1. The fourth-order valence-electron chi connectivity index (χ4n) is 2.25. The van der Waals surface area contributed by atoms with Crippen molar-refractivity contribution in [2.24, 2.45) is 0 Å². The summed E-state index contributed by atoms with van der Waals surface area (Å²) in [6.45, 7) is 4.89. The maximum Gasteiger partial charge on any atom is 0.353 e. The molecular weight excluding hydrogens is 242 g/mol. The highest BCUT2D eigenvalue weighted by Gasteiger charge is 2.14. The van der Waals surface area contributed by atoms with Gasteiger partial charge in [-0.25, -0.2) is 9.55 Å². The quantitative estimate of drug-likeness (QED) is 0.568. The first-order valence-electron chi connectivity index (χ1n) is 6.49. The van der Waals surface area contributed by atoms with Gasteiger partial charge in [0, 0.05) is 6.42 Å². The number of carbonyl (C=O) groups is 1. The summed E-state index contributed by atoms with van der Waals surface area (Å²) >= 11 is 0. The molecule has 2 rings (SSSR count). The molecule has 0 aliphatic rings. The van der Waals surface area contributed by atoms with Gasteiger partial charge in [-0.05, 0) is 49.9 Å². The zero-order chi connectivity index (χ0) is 14.0. The van der Waals surface area contributed by atoms with Gasteiger partial charge in [0.1, 0.15) is 11.0 Å². The lowest BCUT2D eigenvalue weighted by molar-refractivity contribution is -0.657. The molecule has 5 heteroatoms. The van der Waals surface area contributed by atoms with Crippen molar-refractivity contribution in [3.8, 4) is 0 Å². The van der Waals surface area contributed by atoms with Crippen molar-refractivity contribution in [2.45, 2.75) is 39.7 Å². The Balaban J connectivity index is 2.20. The van der Waals surface area contributed by atoms with Crippen molar-refractivity contribution in [2.75, 3.05) is 5.73 Å². The number of nitrogen functional groups attached to an aromatic ring is 1. The number of fused-ring (bicyclic) bond motifs is 1.